The molecule has 0 fully saturated rings. The first-order valence-corrected chi connectivity index (χ1v) is 5.10. The Morgan fingerprint density at radius 1 is 1.47 bits per heavy atom. The van der Waals surface area contributed by atoms with Gasteiger partial charge < -0.3 is 10.0 Å². The third kappa shape index (κ3) is 3.71. The molecule has 1 rings (SSSR count). The molecule has 0 unspecified atom stereocenters. The average molecular weight is 211 g/mol. The van der Waals surface area contributed by atoms with Crippen molar-refractivity contribution in [3.8, 4) is 0 Å². The lowest BCUT2D eigenvalue weighted by Gasteiger charge is -2.16. The minimum atomic E-state index is -0.0727. The van der Waals surface area contributed by atoms with Gasteiger partial charge >= 0.3 is 6.03 Å². The predicted molar refractivity (Wildman–Crippen MR) is 56.6 cm³/mol. The van der Waals surface area contributed by atoms with Gasteiger partial charge in [0.1, 0.15) is 6.33 Å². The molecule has 0 radical (unpaired) electrons. The zero-order valence-electron chi connectivity index (χ0n) is 8.96. The summed E-state index contributed by atoms with van der Waals surface area (Å²) in [6, 6.07) is -0.0727. The molecular formula is C10H17N3O2. The third-order valence-electron chi connectivity index (χ3n) is 2.20. The molecule has 0 aromatic carbocycles. The molecule has 84 valence electrons. The van der Waals surface area contributed by atoms with Crippen LogP contribution in [0.4, 0.5) is 4.79 Å². The fraction of sp³-hybridized carbons (Fsp3) is 0.600. The Kier molecular flexibility index (Phi) is 4.83. The number of hydrogen-bond donors (Lipinski definition) is 1. The van der Waals surface area contributed by atoms with E-state index in [2.05, 4.69) is 4.98 Å². The lowest BCUT2D eigenvalue weighted by Crippen LogP contribution is -2.31. The Bertz CT molecular complexity index is 285. The highest BCUT2D eigenvalue weighted by atomic mass is 16.2. The molecule has 15 heavy (non-hydrogen) atoms. The Morgan fingerprint density at radius 3 is 2.87 bits per heavy atom. The van der Waals surface area contributed by atoms with Crippen molar-refractivity contribution in [3.05, 3.63) is 18.7 Å². The number of carbonyl (C=O) groups is 1. The maximum atomic E-state index is 11.7. The summed E-state index contributed by atoms with van der Waals surface area (Å²) in [6.45, 7) is 0.927. The monoisotopic (exact) mass is 211 g/mol. The van der Waals surface area contributed by atoms with Crippen LogP contribution in [0.2, 0.25) is 0 Å². The average Bonchev–Trinajstić information content (AvgIpc) is 2.76. The number of hydrogen-bond acceptors (Lipinski definition) is 3. The SMILES string of the molecule is CN(CCCCCO)C(=O)n1ccnc1. The van der Waals surface area contributed by atoms with Gasteiger partial charge in [0.15, 0.2) is 0 Å². The standard InChI is InChI=1S/C10H17N3O2/c1-12(6-3-2-4-8-14)10(15)13-7-5-11-9-13/h5,7,9,14H,2-4,6,8H2,1H3. The Morgan fingerprint density at radius 2 is 2.27 bits per heavy atom. The number of unbranched alkanes of at least 4 members (excludes halogenated alkanes) is 2. The summed E-state index contributed by atoms with van der Waals surface area (Å²) in [5, 5.41) is 8.60. The molecule has 1 amide bonds. The number of imidazole rings is 1. The molecular weight excluding hydrogens is 194 g/mol. The molecule has 5 heteroatoms. The van der Waals surface area contributed by atoms with Crippen molar-refractivity contribution in [2.45, 2.75) is 19.3 Å². The van der Waals surface area contributed by atoms with Crippen LogP contribution < -0.4 is 0 Å². The number of amides is 1. The fourth-order valence-corrected chi connectivity index (χ4v) is 1.30. The van der Waals surface area contributed by atoms with Crippen LogP contribution in [0.25, 0.3) is 0 Å². The lowest BCUT2D eigenvalue weighted by atomic mass is 10.2. The van der Waals surface area contributed by atoms with Gasteiger partial charge in [-0.05, 0) is 19.3 Å². The maximum absolute atomic E-state index is 11.7. The molecule has 5 nitrogen and oxygen atoms in total. The van der Waals surface area contributed by atoms with Crippen LogP contribution in [-0.4, -0.2) is 45.8 Å². The second-order valence-electron chi connectivity index (χ2n) is 3.46. The third-order valence-corrected chi connectivity index (χ3v) is 2.20. The summed E-state index contributed by atoms with van der Waals surface area (Å²) in [5.41, 5.74) is 0. The van der Waals surface area contributed by atoms with Crippen molar-refractivity contribution >= 4 is 6.03 Å². The van der Waals surface area contributed by atoms with E-state index < -0.39 is 0 Å². The van der Waals surface area contributed by atoms with Gasteiger partial charge in [-0.25, -0.2) is 9.78 Å². The van der Waals surface area contributed by atoms with E-state index in [0.717, 1.165) is 19.3 Å². The first kappa shape index (κ1) is 11.7. The van der Waals surface area contributed by atoms with E-state index in [1.165, 1.54) is 10.9 Å². The van der Waals surface area contributed by atoms with E-state index in [4.69, 9.17) is 5.11 Å². The molecule has 0 saturated heterocycles. The Labute approximate surface area is 89.3 Å². The molecule has 0 saturated carbocycles. The zero-order chi connectivity index (χ0) is 11.1. The predicted octanol–water partition coefficient (Wildman–Crippen LogP) is 0.946. The first-order chi connectivity index (χ1) is 7.25. The summed E-state index contributed by atoms with van der Waals surface area (Å²) in [7, 11) is 1.77. The van der Waals surface area contributed by atoms with Crippen LogP contribution in [0.3, 0.4) is 0 Å². The van der Waals surface area contributed by atoms with E-state index in [1.54, 1.807) is 24.3 Å². The van der Waals surface area contributed by atoms with Gasteiger partial charge in [0.2, 0.25) is 0 Å². The number of aliphatic hydroxyl groups excluding tert-OH is 1. The van der Waals surface area contributed by atoms with Gasteiger partial charge in [0.25, 0.3) is 0 Å². The smallest absolute Gasteiger partial charge is 0.329 e. The van der Waals surface area contributed by atoms with Crippen LogP contribution in [0.1, 0.15) is 19.3 Å². The van der Waals surface area contributed by atoms with E-state index in [-0.39, 0.29) is 12.6 Å². The van der Waals surface area contributed by atoms with Crippen LogP contribution in [0.5, 0.6) is 0 Å². The fourth-order valence-electron chi connectivity index (χ4n) is 1.30. The molecule has 0 bridgehead atoms. The van der Waals surface area contributed by atoms with Crippen molar-refractivity contribution < 1.29 is 9.90 Å². The highest BCUT2D eigenvalue weighted by molar-refractivity contribution is 5.76. The minimum Gasteiger partial charge on any atom is -0.396 e. The van der Waals surface area contributed by atoms with Gasteiger partial charge in [0.05, 0.1) is 0 Å². The van der Waals surface area contributed by atoms with Gasteiger partial charge in [-0.3, -0.25) is 4.57 Å². The van der Waals surface area contributed by atoms with Gasteiger partial charge in [-0.2, -0.15) is 0 Å². The van der Waals surface area contributed by atoms with Crippen LogP contribution >= 0.6 is 0 Å². The molecule has 1 aromatic rings. The number of carbonyl (C=O) groups excluding carboxylic acids is 1. The molecule has 1 N–H and O–H groups in total. The van der Waals surface area contributed by atoms with Crippen molar-refractivity contribution in [1.29, 1.82) is 0 Å². The summed E-state index contributed by atoms with van der Waals surface area (Å²) in [4.78, 5) is 17.1. The minimum absolute atomic E-state index is 0.0727. The second-order valence-corrected chi connectivity index (χ2v) is 3.46. The highest BCUT2D eigenvalue weighted by Gasteiger charge is 2.08. The van der Waals surface area contributed by atoms with Crippen LogP contribution in [0, 0.1) is 0 Å². The van der Waals surface area contributed by atoms with E-state index in [1.807, 2.05) is 0 Å². The number of aliphatic hydroxyl groups is 1. The molecule has 1 heterocycles. The van der Waals surface area contributed by atoms with Crippen LogP contribution in [0.15, 0.2) is 18.7 Å². The quantitative estimate of drug-likeness (QED) is 0.737. The zero-order valence-corrected chi connectivity index (χ0v) is 8.96. The molecule has 0 spiro atoms. The maximum Gasteiger partial charge on any atom is 0.329 e. The van der Waals surface area contributed by atoms with Gasteiger partial charge in [-0.1, -0.05) is 0 Å². The summed E-state index contributed by atoms with van der Waals surface area (Å²) in [5.74, 6) is 0. The first-order valence-electron chi connectivity index (χ1n) is 5.10. The van der Waals surface area contributed by atoms with Gasteiger partial charge in [-0.15, -0.1) is 0 Å². The Hall–Kier alpha value is -1.36. The topological polar surface area (TPSA) is 58.4 Å². The van der Waals surface area contributed by atoms with Gasteiger partial charge in [0, 0.05) is 32.6 Å². The summed E-state index contributed by atoms with van der Waals surface area (Å²) in [6.07, 6.45) is 7.36. The number of aromatic nitrogens is 2. The van der Waals surface area contributed by atoms with Crippen LogP contribution in [-0.2, 0) is 0 Å². The van der Waals surface area contributed by atoms with Crippen molar-refractivity contribution in [3.63, 3.8) is 0 Å². The normalized spacial score (nSPS) is 10.3. The van der Waals surface area contributed by atoms with Crippen molar-refractivity contribution in [2.24, 2.45) is 0 Å². The number of rotatable bonds is 5. The molecule has 0 aliphatic heterocycles. The summed E-state index contributed by atoms with van der Waals surface area (Å²) >= 11 is 0. The Balaban J connectivity index is 2.28. The largest absolute Gasteiger partial charge is 0.396 e. The molecule has 0 aliphatic carbocycles. The highest BCUT2D eigenvalue weighted by Crippen LogP contribution is 1.99. The van der Waals surface area contributed by atoms with E-state index in [9.17, 15) is 4.79 Å². The van der Waals surface area contributed by atoms with Crippen molar-refractivity contribution in [2.75, 3.05) is 20.2 Å². The lowest BCUT2D eigenvalue weighted by molar-refractivity contribution is 0.208. The number of nitrogens with zero attached hydrogens (tertiary/aromatic N) is 3. The summed E-state index contributed by atoms with van der Waals surface area (Å²) < 4.78 is 1.45. The molecule has 0 aliphatic rings. The molecule has 1 aromatic heterocycles. The van der Waals surface area contributed by atoms with E-state index >= 15 is 0 Å². The van der Waals surface area contributed by atoms with Crippen molar-refractivity contribution in [1.82, 2.24) is 14.5 Å². The van der Waals surface area contributed by atoms with E-state index in [0.29, 0.717) is 6.54 Å². The second kappa shape index (κ2) is 6.19. The molecule has 0 atom stereocenters.